The van der Waals surface area contributed by atoms with Gasteiger partial charge in [0.15, 0.2) is 0 Å². The number of nitrogens with one attached hydrogen (secondary N) is 1. The predicted molar refractivity (Wildman–Crippen MR) is 101 cm³/mol. The number of hydrogen-bond donors (Lipinski definition) is 1. The molecule has 4 nitrogen and oxygen atoms in total. The highest BCUT2D eigenvalue weighted by atomic mass is 16.1. The Morgan fingerprint density at radius 2 is 1.96 bits per heavy atom. The zero-order valence-corrected chi connectivity index (χ0v) is 14.7. The van der Waals surface area contributed by atoms with Crippen molar-refractivity contribution in [3.63, 3.8) is 0 Å². The lowest BCUT2D eigenvalue weighted by Gasteiger charge is -2.19. The number of amides is 1. The van der Waals surface area contributed by atoms with E-state index in [-0.39, 0.29) is 11.5 Å². The molecule has 0 saturated heterocycles. The van der Waals surface area contributed by atoms with Gasteiger partial charge < -0.3 is 10.2 Å². The van der Waals surface area contributed by atoms with Crippen LogP contribution in [0.5, 0.6) is 0 Å². The number of anilines is 1. The fraction of sp³-hybridized carbons (Fsp3) is 0.238. The van der Waals surface area contributed by atoms with Crippen molar-refractivity contribution in [3.8, 4) is 6.07 Å². The van der Waals surface area contributed by atoms with Gasteiger partial charge in [-0.05, 0) is 43.5 Å². The molecular formula is C21H23N3O. The first-order chi connectivity index (χ1) is 12.1. The summed E-state index contributed by atoms with van der Waals surface area (Å²) in [5, 5.41) is 12.2. The van der Waals surface area contributed by atoms with E-state index in [0.717, 1.165) is 23.2 Å². The Morgan fingerprint density at radius 1 is 1.20 bits per heavy atom. The third kappa shape index (κ3) is 5.50. The van der Waals surface area contributed by atoms with Crippen LogP contribution < -0.4 is 10.2 Å². The largest absolute Gasteiger partial charge is 0.351 e. The molecule has 2 aromatic rings. The first-order valence-electron chi connectivity index (χ1n) is 8.41. The lowest BCUT2D eigenvalue weighted by molar-refractivity contribution is -0.117. The van der Waals surface area contributed by atoms with E-state index in [1.807, 2.05) is 79.4 Å². The molecule has 0 aliphatic rings. The van der Waals surface area contributed by atoms with Crippen LogP contribution >= 0.6 is 0 Å². The molecule has 0 radical (unpaired) electrons. The van der Waals surface area contributed by atoms with Gasteiger partial charge in [-0.25, -0.2) is 0 Å². The van der Waals surface area contributed by atoms with Crippen LogP contribution in [0.2, 0.25) is 0 Å². The first kappa shape index (κ1) is 18.3. The molecule has 25 heavy (non-hydrogen) atoms. The summed E-state index contributed by atoms with van der Waals surface area (Å²) in [6.07, 6.45) is 2.35. The van der Waals surface area contributed by atoms with Gasteiger partial charge in [0, 0.05) is 25.0 Å². The van der Waals surface area contributed by atoms with Gasteiger partial charge in [0.05, 0.1) is 0 Å². The van der Waals surface area contributed by atoms with Crippen LogP contribution in [0, 0.1) is 18.3 Å². The van der Waals surface area contributed by atoms with Gasteiger partial charge in [-0.3, -0.25) is 4.79 Å². The van der Waals surface area contributed by atoms with Crippen LogP contribution in [0.15, 0.2) is 66.4 Å². The second-order valence-corrected chi connectivity index (χ2v) is 5.77. The van der Waals surface area contributed by atoms with Gasteiger partial charge in [-0.2, -0.15) is 5.26 Å². The van der Waals surface area contributed by atoms with Gasteiger partial charge in [-0.1, -0.05) is 42.5 Å². The Bertz CT molecular complexity index is 775. The second-order valence-electron chi connectivity index (χ2n) is 5.77. The summed E-state index contributed by atoms with van der Waals surface area (Å²) >= 11 is 0. The van der Waals surface area contributed by atoms with Crippen molar-refractivity contribution >= 4 is 11.6 Å². The normalized spacial score (nSPS) is 10.8. The van der Waals surface area contributed by atoms with E-state index in [0.29, 0.717) is 13.1 Å². The quantitative estimate of drug-likeness (QED) is 0.622. The Kier molecular flexibility index (Phi) is 6.79. The molecule has 0 atom stereocenters. The molecule has 1 N–H and O–H groups in total. The molecule has 0 saturated carbocycles. The number of aryl methyl sites for hydroxylation is 1. The summed E-state index contributed by atoms with van der Waals surface area (Å²) in [4.78, 5) is 14.2. The van der Waals surface area contributed by atoms with Crippen LogP contribution in [0.25, 0.3) is 0 Å². The maximum absolute atomic E-state index is 12.3. The smallest absolute Gasteiger partial charge is 0.263 e. The number of rotatable bonds is 7. The fourth-order valence-electron chi connectivity index (χ4n) is 2.51. The van der Waals surface area contributed by atoms with Gasteiger partial charge >= 0.3 is 0 Å². The molecule has 2 aromatic carbocycles. The van der Waals surface area contributed by atoms with Crippen LogP contribution in [0.3, 0.4) is 0 Å². The van der Waals surface area contributed by atoms with E-state index < -0.39 is 0 Å². The summed E-state index contributed by atoms with van der Waals surface area (Å²) in [7, 11) is 0. The Morgan fingerprint density at radius 3 is 2.60 bits per heavy atom. The van der Waals surface area contributed by atoms with Crippen molar-refractivity contribution in [1.82, 2.24) is 5.32 Å². The number of nitriles is 1. The van der Waals surface area contributed by atoms with E-state index in [1.54, 1.807) is 6.20 Å². The van der Waals surface area contributed by atoms with E-state index in [2.05, 4.69) is 5.32 Å². The molecule has 4 heteroatoms. The zero-order valence-electron chi connectivity index (χ0n) is 14.7. The number of nitrogens with zero attached hydrogens (tertiary/aromatic N) is 2. The topological polar surface area (TPSA) is 56.1 Å². The van der Waals surface area contributed by atoms with Crippen molar-refractivity contribution < 1.29 is 4.79 Å². The summed E-state index contributed by atoms with van der Waals surface area (Å²) in [5.74, 6) is -0.343. The number of benzene rings is 2. The summed E-state index contributed by atoms with van der Waals surface area (Å²) in [6, 6.07) is 19.9. The highest BCUT2D eigenvalue weighted by Crippen LogP contribution is 2.17. The molecule has 0 spiro atoms. The monoisotopic (exact) mass is 333 g/mol. The number of carbonyl (C=O) groups is 1. The maximum Gasteiger partial charge on any atom is 0.263 e. The van der Waals surface area contributed by atoms with Crippen molar-refractivity contribution in [3.05, 3.63) is 77.5 Å². The molecule has 128 valence electrons. The molecular weight excluding hydrogens is 310 g/mol. The van der Waals surface area contributed by atoms with Crippen LogP contribution in [0.1, 0.15) is 18.1 Å². The third-order valence-corrected chi connectivity index (χ3v) is 3.87. The molecule has 0 aromatic heterocycles. The molecule has 0 aliphatic heterocycles. The highest BCUT2D eigenvalue weighted by Gasteiger charge is 2.11. The minimum absolute atomic E-state index is 0.108. The van der Waals surface area contributed by atoms with Crippen LogP contribution in [-0.2, 0) is 11.2 Å². The zero-order chi connectivity index (χ0) is 18.1. The van der Waals surface area contributed by atoms with Crippen molar-refractivity contribution in [2.45, 2.75) is 20.3 Å². The molecule has 0 bridgehead atoms. The van der Waals surface area contributed by atoms with Crippen molar-refractivity contribution in [2.75, 3.05) is 18.0 Å². The summed E-state index contributed by atoms with van der Waals surface area (Å²) in [5.41, 5.74) is 3.36. The maximum atomic E-state index is 12.3. The standard InChI is InChI=1S/C21H23N3O/c1-3-24(20-11-7-8-17(2)14-20)16-19(15-22)21(25)23-13-12-18-9-5-4-6-10-18/h4-11,14,16H,3,12-13H2,1-2H3,(H,23,25)/b19-16-. The fourth-order valence-corrected chi connectivity index (χ4v) is 2.51. The Balaban J connectivity index is 2.02. The van der Waals surface area contributed by atoms with Crippen molar-refractivity contribution in [2.24, 2.45) is 0 Å². The minimum atomic E-state index is -0.343. The van der Waals surface area contributed by atoms with E-state index in [1.165, 1.54) is 0 Å². The van der Waals surface area contributed by atoms with Crippen molar-refractivity contribution in [1.29, 1.82) is 5.26 Å². The summed E-state index contributed by atoms with van der Waals surface area (Å²) in [6.45, 7) is 5.17. The van der Waals surface area contributed by atoms with E-state index in [9.17, 15) is 10.1 Å². The average Bonchev–Trinajstić information content (AvgIpc) is 2.63. The van der Waals surface area contributed by atoms with Gasteiger partial charge in [0.25, 0.3) is 5.91 Å². The highest BCUT2D eigenvalue weighted by molar-refractivity contribution is 5.97. The minimum Gasteiger partial charge on any atom is -0.351 e. The Labute approximate surface area is 149 Å². The average molecular weight is 333 g/mol. The lowest BCUT2D eigenvalue weighted by atomic mass is 10.1. The lowest BCUT2D eigenvalue weighted by Crippen LogP contribution is -2.28. The molecule has 0 aliphatic carbocycles. The molecule has 0 heterocycles. The summed E-state index contributed by atoms with van der Waals surface area (Å²) < 4.78 is 0. The number of hydrogen-bond acceptors (Lipinski definition) is 3. The van der Waals surface area contributed by atoms with Gasteiger partial charge in [0.1, 0.15) is 11.6 Å². The third-order valence-electron chi connectivity index (χ3n) is 3.87. The second kappa shape index (κ2) is 9.29. The van der Waals surface area contributed by atoms with Gasteiger partial charge in [0.2, 0.25) is 0 Å². The Hall–Kier alpha value is -3.06. The van der Waals surface area contributed by atoms with E-state index >= 15 is 0 Å². The van der Waals surface area contributed by atoms with E-state index in [4.69, 9.17) is 0 Å². The molecule has 2 rings (SSSR count). The number of carbonyl (C=O) groups excluding carboxylic acids is 1. The molecule has 1 amide bonds. The van der Waals surface area contributed by atoms with Gasteiger partial charge in [-0.15, -0.1) is 0 Å². The first-order valence-corrected chi connectivity index (χ1v) is 8.41. The predicted octanol–water partition coefficient (Wildman–Crippen LogP) is 3.59. The molecule has 0 fully saturated rings. The van der Waals surface area contributed by atoms with Crippen LogP contribution in [0.4, 0.5) is 5.69 Å². The van der Waals surface area contributed by atoms with Crippen LogP contribution in [-0.4, -0.2) is 19.0 Å². The molecule has 0 unspecified atom stereocenters. The SMILES string of the molecule is CCN(/C=C(/C#N)C(=O)NCCc1ccccc1)c1cccc(C)c1.